The van der Waals surface area contributed by atoms with Gasteiger partial charge in [-0.1, -0.05) is 13.8 Å². The van der Waals surface area contributed by atoms with E-state index in [2.05, 4.69) is 24.1 Å². The van der Waals surface area contributed by atoms with Crippen molar-refractivity contribution in [3.8, 4) is 11.5 Å². The Morgan fingerprint density at radius 3 is 2.55 bits per heavy atom. The molecule has 0 aliphatic carbocycles. The highest BCUT2D eigenvalue weighted by molar-refractivity contribution is 6.04. The van der Waals surface area contributed by atoms with Crippen LogP contribution in [0, 0.1) is 5.92 Å². The van der Waals surface area contributed by atoms with Crippen molar-refractivity contribution in [3.63, 3.8) is 0 Å². The predicted molar refractivity (Wildman–Crippen MR) is 85.5 cm³/mol. The van der Waals surface area contributed by atoms with E-state index >= 15 is 0 Å². The molecule has 0 bridgehead atoms. The number of nitrogens with one attached hydrogen (secondary N) is 1. The molecule has 0 saturated carbocycles. The number of carbonyl (C=O) groups is 1. The van der Waals surface area contributed by atoms with Crippen molar-refractivity contribution in [2.24, 2.45) is 5.92 Å². The first kappa shape index (κ1) is 15.8. The molecule has 22 heavy (non-hydrogen) atoms. The van der Waals surface area contributed by atoms with Crippen LogP contribution in [0.15, 0.2) is 42.7 Å². The fraction of sp³-hybridized carbons (Fsp3) is 0.294. The van der Waals surface area contributed by atoms with Gasteiger partial charge in [-0.05, 0) is 36.2 Å². The summed E-state index contributed by atoms with van der Waals surface area (Å²) in [5, 5.41) is 2.80. The molecular weight excluding hydrogens is 280 g/mol. The summed E-state index contributed by atoms with van der Waals surface area (Å²) >= 11 is 0. The van der Waals surface area contributed by atoms with Crippen LogP contribution in [0.2, 0.25) is 0 Å². The second-order valence-corrected chi connectivity index (χ2v) is 5.26. The molecule has 5 heteroatoms. The van der Waals surface area contributed by atoms with Crippen molar-refractivity contribution in [1.29, 1.82) is 0 Å². The summed E-state index contributed by atoms with van der Waals surface area (Å²) in [6.45, 7) is 4.74. The van der Waals surface area contributed by atoms with Gasteiger partial charge in [-0.15, -0.1) is 0 Å². The minimum atomic E-state index is -0.208. The molecule has 0 atom stereocenters. The molecule has 0 radical (unpaired) electrons. The Hall–Kier alpha value is -2.56. The molecule has 0 fully saturated rings. The fourth-order valence-electron chi connectivity index (χ4n) is 1.82. The topological polar surface area (TPSA) is 60.5 Å². The van der Waals surface area contributed by atoms with Gasteiger partial charge >= 0.3 is 0 Å². The second-order valence-electron chi connectivity index (χ2n) is 5.26. The summed E-state index contributed by atoms with van der Waals surface area (Å²) in [5.41, 5.74) is 1.20. The first-order chi connectivity index (χ1) is 10.6. The molecule has 116 valence electrons. The minimum absolute atomic E-state index is 0.208. The number of methoxy groups -OCH3 is 1. The molecule has 0 spiro atoms. The Balaban J connectivity index is 2.13. The van der Waals surface area contributed by atoms with E-state index in [0.29, 0.717) is 35.3 Å². The van der Waals surface area contributed by atoms with E-state index < -0.39 is 0 Å². The number of amides is 1. The van der Waals surface area contributed by atoms with Crippen LogP contribution in [0.4, 0.5) is 5.69 Å². The molecule has 1 heterocycles. The van der Waals surface area contributed by atoms with Crippen LogP contribution >= 0.6 is 0 Å². The minimum Gasteiger partial charge on any atom is -0.493 e. The molecule has 1 aromatic heterocycles. The Kier molecular flexibility index (Phi) is 5.36. The predicted octanol–water partition coefficient (Wildman–Crippen LogP) is 3.38. The quantitative estimate of drug-likeness (QED) is 0.888. The largest absolute Gasteiger partial charge is 0.493 e. The molecule has 1 N–H and O–H groups in total. The summed E-state index contributed by atoms with van der Waals surface area (Å²) in [6, 6.07) is 8.61. The Morgan fingerprint density at radius 1 is 1.18 bits per heavy atom. The summed E-state index contributed by atoms with van der Waals surface area (Å²) < 4.78 is 11.0. The maximum Gasteiger partial charge on any atom is 0.255 e. The number of aromatic nitrogens is 1. The van der Waals surface area contributed by atoms with Gasteiger partial charge in [-0.2, -0.15) is 0 Å². The molecule has 2 aromatic rings. The first-order valence-electron chi connectivity index (χ1n) is 7.12. The van der Waals surface area contributed by atoms with Gasteiger partial charge in [0.2, 0.25) is 0 Å². The molecule has 5 nitrogen and oxygen atoms in total. The lowest BCUT2D eigenvalue weighted by Crippen LogP contribution is -2.12. The maximum atomic E-state index is 12.2. The number of benzene rings is 1. The van der Waals surface area contributed by atoms with Gasteiger partial charge in [0, 0.05) is 23.6 Å². The zero-order valence-corrected chi connectivity index (χ0v) is 13.0. The maximum absolute atomic E-state index is 12.2. The first-order valence-corrected chi connectivity index (χ1v) is 7.12. The lowest BCUT2D eigenvalue weighted by Gasteiger charge is -2.13. The van der Waals surface area contributed by atoms with Gasteiger partial charge in [-0.3, -0.25) is 9.78 Å². The lowest BCUT2D eigenvalue weighted by molar-refractivity contribution is 0.102. The van der Waals surface area contributed by atoms with Crippen LogP contribution in [0.1, 0.15) is 24.2 Å². The standard InChI is InChI=1S/C17H20N2O3/c1-12(2)11-22-15-5-4-13(10-16(15)21-3)17(20)19-14-6-8-18-9-7-14/h4-10,12H,11H2,1-3H3,(H,18,19,20). The van der Waals surface area contributed by atoms with Gasteiger partial charge in [0.25, 0.3) is 5.91 Å². The van der Waals surface area contributed by atoms with Crippen molar-refractivity contribution in [2.45, 2.75) is 13.8 Å². The van der Waals surface area contributed by atoms with Crippen molar-refractivity contribution in [2.75, 3.05) is 19.0 Å². The van der Waals surface area contributed by atoms with Crippen LogP contribution in [0.25, 0.3) is 0 Å². The smallest absolute Gasteiger partial charge is 0.255 e. The van der Waals surface area contributed by atoms with Gasteiger partial charge in [0.05, 0.1) is 13.7 Å². The molecule has 2 rings (SSSR count). The van der Waals surface area contributed by atoms with Crippen molar-refractivity contribution in [3.05, 3.63) is 48.3 Å². The van der Waals surface area contributed by atoms with E-state index in [9.17, 15) is 4.79 Å². The van der Waals surface area contributed by atoms with Gasteiger partial charge in [0.1, 0.15) is 0 Å². The molecule has 0 aliphatic rings. The second kappa shape index (κ2) is 7.45. The van der Waals surface area contributed by atoms with Crippen LogP contribution < -0.4 is 14.8 Å². The number of pyridine rings is 1. The van der Waals surface area contributed by atoms with Crippen LogP contribution in [0.3, 0.4) is 0 Å². The number of hydrogen-bond acceptors (Lipinski definition) is 4. The highest BCUT2D eigenvalue weighted by atomic mass is 16.5. The van der Waals surface area contributed by atoms with Crippen molar-refractivity contribution in [1.82, 2.24) is 4.98 Å². The molecule has 1 aromatic carbocycles. The lowest BCUT2D eigenvalue weighted by atomic mass is 10.2. The third-order valence-corrected chi connectivity index (χ3v) is 2.94. The molecule has 0 saturated heterocycles. The van der Waals surface area contributed by atoms with E-state index in [4.69, 9.17) is 9.47 Å². The summed E-state index contributed by atoms with van der Waals surface area (Å²) in [5.74, 6) is 1.39. The van der Waals surface area contributed by atoms with Crippen LogP contribution in [-0.4, -0.2) is 24.6 Å². The van der Waals surface area contributed by atoms with Gasteiger partial charge in [-0.25, -0.2) is 0 Å². The SMILES string of the molecule is COc1cc(C(=O)Nc2ccncc2)ccc1OCC(C)C. The van der Waals surface area contributed by atoms with Gasteiger partial charge < -0.3 is 14.8 Å². The Morgan fingerprint density at radius 2 is 1.91 bits per heavy atom. The zero-order valence-electron chi connectivity index (χ0n) is 13.0. The number of ether oxygens (including phenoxy) is 2. The Bertz CT molecular complexity index is 627. The number of anilines is 1. The molecule has 1 amide bonds. The number of carbonyl (C=O) groups excluding carboxylic acids is 1. The monoisotopic (exact) mass is 300 g/mol. The van der Waals surface area contributed by atoms with Crippen LogP contribution in [-0.2, 0) is 0 Å². The normalized spacial score (nSPS) is 10.4. The highest BCUT2D eigenvalue weighted by Gasteiger charge is 2.12. The summed E-state index contributed by atoms with van der Waals surface area (Å²) in [6.07, 6.45) is 3.25. The van der Waals surface area contributed by atoms with E-state index in [1.807, 2.05) is 0 Å². The average Bonchev–Trinajstić information content (AvgIpc) is 2.53. The number of hydrogen-bond donors (Lipinski definition) is 1. The third-order valence-electron chi connectivity index (χ3n) is 2.94. The molecule has 0 unspecified atom stereocenters. The van der Waals surface area contributed by atoms with Crippen molar-refractivity contribution >= 4 is 11.6 Å². The summed E-state index contributed by atoms with van der Waals surface area (Å²) in [7, 11) is 1.56. The van der Waals surface area contributed by atoms with E-state index in [1.165, 1.54) is 0 Å². The number of rotatable bonds is 6. The summed E-state index contributed by atoms with van der Waals surface area (Å²) in [4.78, 5) is 16.1. The third kappa shape index (κ3) is 4.22. The van der Waals surface area contributed by atoms with Crippen LogP contribution in [0.5, 0.6) is 11.5 Å². The molecular formula is C17H20N2O3. The van der Waals surface area contributed by atoms with E-state index in [0.717, 1.165) is 0 Å². The van der Waals surface area contributed by atoms with Gasteiger partial charge in [0.15, 0.2) is 11.5 Å². The average molecular weight is 300 g/mol. The van der Waals surface area contributed by atoms with E-state index in [1.54, 1.807) is 49.8 Å². The highest BCUT2D eigenvalue weighted by Crippen LogP contribution is 2.28. The van der Waals surface area contributed by atoms with Crippen molar-refractivity contribution < 1.29 is 14.3 Å². The molecule has 0 aliphatic heterocycles. The zero-order chi connectivity index (χ0) is 15.9. The fourth-order valence-corrected chi connectivity index (χ4v) is 1.82. The Labute approximate surface area is 130 Å². The van der Waals surface area contributed by atoms with E-state index in [-0.39, 0.29) is 5.91 Å². The number of nitrogens with zero attached hydrogens (tertiary/aromatic N) is 1.